The summed E-state index contributed by atoms with van der Waals surface area (Å²) in [6.45, 7) is 3.50. The predicted molar refractivity (Wildman–Crippen MR) is 96.5 cm³/mol. The van der Waals surface area contributed by atoms with Crippen LogP contribution in [0.4, 0.5) is 5.82 Å². The molecular formula is C18H26N6O. The van der Waals surface area contributed by atoms with Gasteiger partial charge in [-0.05, 0) is 38.5 Å². The van der Waals surface area contributed by atoms with Crippen LogP contribution in [-0.4, -0.2) is 50.7 Å². The first-order valence-electron chi connectivity index (χ1n) is 8.85. The molecule has 1 atom stereocenters. The number of hydrogen-bond donors (Lipinski definition) is 1. The number of carbonyl (C=O) groups is 1. The minimum atomic E-state index is 0.101. The first kappa shape index (κ1) is 17.4. The standard InChI is InChI=1S/C18H26N6O/c1-13-16(12-23(3)22-13)18(25)24-7-4-5-14(6-8-24)9-15-10-21-17(19-2)11-20-15/h10-12,14H,4-9H2,1-3H3,(H,19,21). The van der Waals surface area contributed by atoms with Gasteiger partial charge in [-0.25, -0.2) is 4.98 Å². The number of nitrogens with one attached hydrogen (secondary N) is 1. The lowest BCUT2D eigenvalue weighted by Crippen LogP contribution is -2.32. The normalized spacial score (nSPS) is 18.0. The van der Waals surface area contributed by atoms with Crippen molar-refractivity contribution in [3.63, 3.8) is 0 Å². The summed E-state index contributed by atoms with van der Waals surface area (Å²) in [4.78, 5) is 23.5. The molecule has 3 rings (SSSR count). The second kappa shape index (κ2) is 7.63. The van der Waals surface area contributed by atoms with Gasteiger partial charge in [-0.15, -0.1) is 0 Å². The highest BCUT2D eigenvalue weighted by molar-refractivity contribution is 5.95. The SMILES string of the molecule is CNc1cnc(CC2CCCN(C(=O)c3cn(C)nc3C)CC2)cn1. The van der Waals surface area contributed by atoms with Crippen molar-refractivity contribution >= 4 is 11.7 Å². The molecule has 7 heteroatoms. The van der Waals surface area contributed by atoms with Crippen molar-refractivity contribution in [2.24, 2.45) is 13.0 Å². The summed E-state index contributed by atoms with van der Waals surface area (Å²) in [5.74, 6) is 1.43. The molecule has 1 aliphatic heterocycles. The molecule has 25 heavy (non-hydrogen) atoms. The highest BCUT2D eigenvalue weighted by atomic mass is 16.2. The van der Waals surface area contributed by atoms with Crippen LogP contribution in [0.1, 0.15) is 41.0 Å². The van der Waals surface area contributed by atoms with Gasteiger partial charge in [0.05, 0.1) is 29.3 Å². The van der Waals surface area contributed by atoms with Gasteiger partial charge in [-0.3, -0.25) is 14.5 Å². The lowest BCUT2D eigenvalue weighted by molar-refractivity contribution is 0.0759. The van der Waals surface area contributed by atoms with Gasteiger partial charge in [-0.1, -0.05) is 0 Å². The third kappa shape index (κ3) is 4.15. The molecule has 0 bridgehead atoms. The minimum absolute atomic E-state index is 0.101. The maximum atomic E-state index is 12.8. The smallest absolute Gasteiger partial charge is 0.257 e. The second-order valence-corrected chi connectivity index (χ2v) is 6.74. The number of aromatic nitrogens is 4. The average Bonchev–Trinajstić information content (AvgIpc) is 2.81. The predicted octanol–water partition coefficient (Wildman–Crippen LogP) is 2.05. The number of amides is 1. The van der Waals surface area contributed by atoms with Crippen molar-refractivity contribution in [1.82, 2.24) is 24.6 Å². The van der Waals surface area contributed by atoms with Gasteiger partial charge >= 0.3 is 0 Å². The lowest BCUT2D eigenvalue weighted by atomic mass is 9.95. The van der Waals surface area contributed by atoms with E-state index < -0.39 is 0 Å². The van der Waals surface area contributed by atoms with E-state index in [9.17, 15) is 4.79 Å². The van der Waals surface area contributed by atoms with E-state index in [1.54, 1.807) is 10.9 Å². The van der Waals surface area contributed by atoms with Gasteiger partial charge in [0.1, 0.15) is 5.82 Å². The van der Waals surface area contributed by atoms with Crippen LogP contribution in [0.25, 0.3) is 0 Å². The maximum Gasteiger partial charge on any atom is 0.257 e. The van der Waals surface area contributed by atoms with Crippen LogP contribution < -0.4 is 5.32 Å². The fraction of sp³-hybridized carbons (Fsp3) is 0.556. The molecule has 0 aromatic carbocycles. The fourth-order valence-electron chi connectivity index (χ4n) is 3.44. The Labute approximate surface area is 148 Å². The molecule has 1 aliphatic rings. The molecule has 2 aromatic rings. The molecule has 0 spiro atoms. The summed E-state index contributed by atoms with van der Waals surface area (Å²) >= 11 is 0. The molecule has 0 radical (unpaired) electrons. The van der Waals surface area contributed by atoms with Crippen LogP contribution in [0, 0.1) is 12.8 Å². The summed E-state index contributed by atoms with van der Waals surface area (Å²) in [6.07, 6.45) is 9.50. The van der Waals surface area contributed by atoms with Crippen molar-refractivity contribution in [3.05, 3.63) is 35.5 Å². The Morgan fingerprint density at radius 1 is 1.28 bits per heavy atom. The van der Waals surface area contributed by atoms with E-state index in [0.29, 0.717) is 5.92 Å². The van der Waals surface area contributed by atoms with E-state index in [-0.39, 0.29) is 5.91 Å². The molecule has 3 heterocycles. The van der Waals surface area contributed by atoms with E-state index in [0.717, 1.165) is 61.5 Å². The molecule has 1 fully saturated rings. The number of rotatable bonds is 4. The third-order valence-corrected chi connectivity index (χ3v) is 4.84. The molecule has 0 saturated carbocycles. The fourth-order valence-corrected chi connectivity index (χ4v) is 3.44. The molecular weight excluding hydrogens is 316 g/mol. The van der Waals surface area contributed by atoms with Crippen molar-refractivity contribution in [1.29, 1.82) is 0 Å². The molecule has 7 nitrogen and oxygen atoms in total. The van der Waals surface area contributed by atoms with Crippen molar-refractivity contribution in [2.75, 3.05) is 25.5 Å². The van der Waals surface area contributed by atoms with E-state index >= 15 is 0 Å². The monoisotopic (exact) mass is 342 g/mol. The van der Waals surface area contributed by atoms with Gasteiger partial charge in [-0.2, -0.15) is 5.10 Å². The lowest BCUT2D eigenvalue weighted by Gasteiger charge is -2.20. The van der Waals surface area contributed by atoms with E-state index in [2.05, 4.69) is 20.4 Å². The van der Waals surface area contributed by atoms with Crippen molar-refractivity contribution < 1.29 is 4.79 Å². The van der Waals surface area contributed by atoms with Crippen molar-refractivity contribution in [3.8, 4) is 0 Å². The van der Waals surface area contributed by atoms with Crippen LogP contribution in [0.5, 0.6) is 0 Å². The number of carbonyl (C=O) groups excluding carboxylic acids is 1. The Morgan fingerprint density at radius 3 is 2.76 bits per heavy atom. The zero-order valence-electron chi connectivity index (χ0n) is 15.2. The molecule has 0 aliphatic carbocycles. The highest BCUT2D eigenvalue weighted by Crippen LogP contribution is 2.22. The number of nitrogens with zero attached hydrogens (tertiary/aromatic N) is 5. The number of aryl methyl sites for hydroxylation is 2. The zero-order valence-corrected chi connectivity index (χ0v) is 15.2. The van der Waals surface area contributed by atoms with Crippen LogP contribution in [-0.2, 0) is 13.5 Å². The number of hydrogen-bond acceptors (Lipinski definition) is 5. The molecule has 134 valence electrons. The van der Waals surface area contributed by atoms with Gasteiger partial charge in [0.25, 0.3) is 5.91 Å². The first-order chi connectivity index (χ1) is 12.1. The summed E-state index contributed by atoms with van der Waals surface area (Å²) in [5.41, 5.74) is 2.54. The largest absolute Gasteiger partial charge is 0.372 e. The van der Waals surface area contributed by atoms with Crippen LogP contribution in [0.15, 0.2) is 18.6 Å². The Bertz CT molecular complexity index is 724. The summed E-state index contributed by atoms with van der Waals surface area (Å²) in [7, 11) is 3.69. The molecule has 1 amide bonds. The van der Waals surface area contributed by atoms with Crippen LogP contribution in [0.2, 0.25) is 0 Å². The van der Waals surface area contributed by atoms with Crippen LogP contribution in [0.3, 0.4) is 0 Å². The number of likely N-dealkylation sites (tertiary alicyclic amines) is 1. The molecule has 1 unspecified atom stereocenters. The Balaban J connectivity index is 1.60. The molecule has 1 saturated heterocycles. The van der Waals surface area contributed by atoms with Gasteiger partial charge in [0.15, 0.2) is 0 Å². The maximum absolute atomic E-state index is 12.8. The second-order valence-electron chi connectivity index (χ2n) is 6.74. The van der Waals surface area contributed by atoms with Crippen LogP contribution >= 0.6 is 0 Å². The third-order valence-electron chi connectivity index (χ3n) is 4.84. The minimum Gasteiger partial charge on any atom is -0.372 e. The van der Waals surface area contributed by atoms with Gasteiger partial charge in [0, 0.05) is 33.4 Å². The van der Waals surface area contributed by atoms with Gasteiger partial charge < -0.3 is 10.2 Å². The zero-order chi connectivity index (χ0) is 17.8. The molecule has 1 N–H and O–H groups in total. The topological polar surface area (TPSA) is 75.9 Å². The van der Waals surface area contributed by atoms with E-state index in [1.807, 2.05) is 38.3 Å². The number of anilines is 1. The van der Waals surface area contributed by atoms with E-state index in [1.165, 1.54) is 0 Å². The summed E-state index contributed by atoms with van der Waals surface area (Å²) in [5, 5.41) is 7.27. The Hall–Kier alpha value is -2.44. The van der Waals surface area contributed by atoms with Gasteiger partial charge in [0.2, 0.25) is 0 Å². The average molecular weight is 342 g/mol. The quantitative estimate of drug-likeness (QED) is 0.920. The Kier molecular flexibility index (Phi) is 5.31. The Morgan fingerprint density at radius 2 is 2.12 bits per heavy atom. The van der Waals surface area contributed by atoms with E-state index in [4.69, 9.17) is 0 Å². The van der Waals surface area contributed by atoms with Crippen molar-refractivity contribution in [2.45, 2.75) is 32.6 Å². The summed E-state index contributed by atoms with van der Waals surface area (Å²) in [6, 6.07) is 0. The highest BCUT2D eigenvalue weighted by Gasteiger charge is 2.24. The first-order valence-corrected chi connectivity index (χ1v) is 8.85. The molecule has 2 aromatic heterocycles. The summed E-state index contributed by atoms with van der Waals surface area (Å²) < 4.78 is 1.71.